The highest BCUT2D eigenvalue weighted by Crippen LogP contribution is 2.76. The van der Waals surface area contributed by atoms with E-state index in [2.05, 4.69) is 33.8 Å². The van der Waals surface area contributed by atoms with Crippen LogP contribution in [0.5, 0.6) is 0 Å². The second-order valence-electron chi connectivity index (χ2n) is 23.5. The van der Waals surface area contributed by atoms with E-state index in [4.69, 9.17) is 28.4 Å². The van der Waals surface area contributed by atoms with E-state index in [1.54, 1.807) is 0 Å². The zero-order chi connectivity index (χ0) is 51.0. The summed E-state index contributed by atoms with van der Waals surface area (Å²) in [5.74, 6) is -5.36. The van der Waals surface area contributed by atoms with Gasteiger partial charge in [-0.1, -0.05) is 46.3 Å². The van der Waals surface area contributed by atoms with Crippen molar-refractivity contribution in [2.45, 2.75) is 217 Å². The molecule has 5 aliphatic carbocycles. The molecule has 3 saturated heterocycles. The number of carboxylic acids is 2. The van der Waals surface area contributed by atoms with Crippen molar-refractivity contribution in [3.8, 4) is 0 Å². The number of aliphatic carboxylic acids is 2. The molecule has 0 unspecified atom stereocenters. The molecule has 8 aliphatic rings. The number of rotatable bonds is 8. The molecule has 69 heavy (non-hydrogen) atoms. The van der Waals surface area contributed by atoms with Gasteiger partial charge in [0.1, 0.15) is 60.4 Å². The van der Waals surface area contributed by atoms with Crippen molar-refractivity contribution >= 4 is 17.9 Å². The summed E-state index contributed by atoms with van der Waals surface area (Å²) in [6.45, 7) is 14.7. The molecule has 0 amide bonds. The molecule has 0 aromatic heterocycles. The summed E-state index contributed by atoms with van der Waals surface area (Å²) in [6, 6.07) is 0. The molecule has 392 valence electrons. The maximum absolute atomic E-state index is 15.2. The molecule has 3 aliphatic heterocycles. The lowest BCUT2D eigenvalue weighted by Crippen LogP contribution is -2.71. The highest BCUT2D eigenvalue weighted by Gasteiger charge is 2.74. The first kappa shape index (κ1) is 52.9. The number of hydrogen-bond acceptors (Lipinski definition) is 19. The van der Waals surface area contributed by atoms with Crippen LogP contribution >= 0.6 is 0 Å². The summed E-state index contributed by atoms with van der Waals surface area (Å²) in [5, 5.41) is 131. The van der Waals surface area contributed by atoms with Crippen LogP contribution in [0.25, 0.3) is 0 Å². The first-order valence-corrected chi connectivity index (χ1v) is 24.4. The molecule has 0 radical (unpaired) electrons. The van der Waals surface area contributed by atoms with Crippen molar-refractivity contribution in [1.29, 1.82) is 0 Å². The van der Waals surface area contributed by atoms with Gasteiger partial charge >= 0.3 is 17.9 Å². The van der Waals surface area contributed by atoms with Gasteiger partial charge in [-0.15, -0.1) is 0 Å². The van der Waals surface area contributed by atoms with Crippen molar-refractivity contribution in [3.05, 3.63) is 11.6 Å². The molecule has 0 aromatic rings. The third-order valence-electron chi connectivity index (χ3n) is 19.3. The van der Waals surface area contributed by atoms with Gasteiger partial charge in [0.15, 0.2) is 24.8 Å². The predicted molar refractivity (Wildman–Crippen MR) is 233 cm³/mol. The summed E-state index contributed by atoms with van der Waals surface area (Å²) in [4.78, 5) is 40.8. The van der Waals surface area contributed by atoms with Crippen molar-refractivity contribution in [2.75, 3.05) is 0 Å². The van der Waals surface area contributed by atoms with Gasteiger partial charge in [0.05, 0.1) is 29.8 Å². The van der Waals surface area contributed by atoms with Crippen LogP contribution in [0, 0.1) is 50.2 Å². The Labute approximate surface area is 400 Å². The molecule has 0 bridgehead atoms. The highest BCUT2D eigenvalue weighted by molar-refractivity contribution is 5.80. The molecule has 21 heteroatoms. The van der Waals surface area contributed by atoms with Gasteiger partial charge in [-0.05, 0) is 112 Å². The maximum atomic E-state index is 15.2. The molecular weight excluding hydrogens is 913 g/mol. The van der Waals surface area contributed by atoms with Gasteiger partial charge in [-0.25, -0.2) is 4.79 Å². The van der Waals surface area contributed by atoms with Crippen LogP contribution in [0.3, 0.4) is 0 Å². The number of carbonyl (C=O) groups excluding carboxylic acids is 1. The molecule has 0 aromatic carbocycles. The summed E-state index contributed by atoms with van der Waals surface area (Å²) in [5.41, 5.74) is -5.14. The van der Waals surface area contributed by atoms with Gasteiger partial charge in [-0.2, -0.15) is 0 Å². The average molecular weight is 987 g/mol. The maximum Gasteiger partial charge on any atom is 0.335 e. The zero-order valence-corrected chi connectivity index (χ0v) is 40.4. The molecule has 26 atom stereocenters. The number of esters is 1. The van der Waals surface area contributed by atoms with E-state index in [-0.39, 0.29) is 30.6 Å². The predicted octanol–water partition coefficient (Wildman–Crippen LogP) is -0.706. The Kier molecular flexibility index (Phi) is 13.7. The fraction of sp³-hybridized carbons (Fsp3) is 0.896. The van der Waals surface area contributed by atoms with Crippen LogP contribution in [-0.4, -0.2) is 190 Å². The van der Waals surface area contributed by atoms with Crippen LogP contribution < -0.4 is 0 Å². The molecule has 12 N–H and O–H groups in total. The smallest absolute Gasteiger partial charge is 0.335 e. The minimum atomic E-state index is -2.02. The van der Waals surface area contributed by atoms with Crippen molar-refractivity contribution < 1.29 is 104 Å². The third kappa shape index (κ3) is 7.86. The van der Waals surface area contributed by atoms with Crippen LogP contribution in [0.4, 0.5) is 0 Å². The standard InChI is InChI=1S/C48H74O21/c1-18-26(51)28(53)32(57)38(64-18)67-35-30(55)27(52)19(2)65-40(35)69-42(63)48-14-13-43(3,4)15-21(48)20-9-10-23-44(5)16-22(49)36(68-39-33(58)29(54)31(56)34(66-39)37(59)60)47(8,41(61)62)24(44)11-12-45(23,6)46(20,7)17-25(48)50/h9,18-19,21-36,38-40,49-58H,10-17H2,1-8H3,(H,59,60)(H,61,62)/t18-,19-,21-,22-,23+,24+,25+,26-,27-,28+,29-,30+,31-,32+,33+,34-,35+,36-,38-,39-,40-,44+,45+,46+,47-,48+/m0/s1. The Hall–Kier alpha value is -2.45. The van der Waals surface area contributed by atoms with Gasteiger partial charge in [0, 0.05) is 0 Å². The molecule has 8 rings (SSSR count). The zero-order valence-electron chi connectivity index (χ0n) is 40.4. The summed E-state index contributed by atoms with van der Waals surface area (Å²) >= 11 is 0. The minimum absolute atomic E-state index is 0.0152. The van der Waals surface area contributed by atoms with Crippen LogP contribution in [0.1, 0.15) is 107 Å². The van der Waals surface area contributed by atoms with E-state index in [0.717, 1.165) is 5.57 Å². The van der Waals surface area contributed by atoms with Crippen molar-refractivity contribution in [3.63, 3.8) is 0 Å². The fourth-order valence-electron chi connectivity index (χ4n) is 15.1. The second kappa shape index (κ2) is 17.9. The number of aliphatic hydroxyl groups excluding tert-OH is 10. The second-order valence-corrected chi connectivity index (χ2v) is 23.5. The normalized spacial score (nSPS) is 54.9. The molecule has 0 spiro atoms. The summed E-state index contributed by atoms with van der Waals surface area (Å²) in [7, 11) is 0. The molecular formula is C48H74O21. The Morgan fingerprint density at radius 1 is 0.638 bits per heavy atom. The molecule has 4 saturated carbocycles. The average Bonchev–Trinajstić information content (AvgIpc) is 3.26. The number of aliphatic hydroxyl groups is 10. The molecule has 21 nitrogen and oxygen atoms in total. The van der Waals surface area contributed by atoms with Gasteiger partial charge in [0.25, 0.3) is 0 Å². The lowest BCUT2D eigenvalue weighted by atomic mass is 9.33. The first-order chi connectivity index (χ1) is 31.9. The third-order valence-corrected chi connectivity index (χ3v) is 19.3. The molecule has 3 heterocycles. The van der Waals surface area contributed by atoms with Crippen molar-refractivity contribution in [2.24, 2.45) is 50.2 Å². The number of allylic oxidation sites excluding steroid dienone is 2. The quantitative estimate of drug-likeness (QED) is 0.0812. The van der Waals surface area contributed by atoms with E-state index in [9.17, 15) is 70.9 Å². The lowest BCUT2D eigenvalue weighted by Gasteiger charge is -2.71. The Balaban J connectivity index is 1.11. The number of hydrogen-bond donors (Lipinski definition) is 12. The largest absolute Gasteiger partial charge is 0.481 e. The monoisotopic (exact) mass is 986 g/mol. The molecule has 7 fully saturated rings. The topological polar surface area (TPSA) is 349 Å². The number of carbonyl (C=O) groups is 3. The van der Waals surface area contributed by atoms with Crippen molar-refractivity contribution in [1.82, 2.24) is 0 Å². The van der Waals surface area contributed by atoms with E-state index < -0.39 is 167 Å². The Morgan fingerprint density at radius 2 is 1.22 bits per heavy atom. The first-order valence-electron chi connectivity index (χ1n) is 24.4. The van der Waals surface area contributed by atoms with Gasteiger partial charge < -0.3 is 89.7 Å². The van der Waals surface area contributed by atoms with Crippen LogP contribution in [0.15, 0.2) is 11.6 Å². The van der Waals surface area contributed by atoms with Crippen LogP contribution in [0.2, 0.25) is 0 Å². The van der Waals surface area contributed by atoms with E-state index >= 15 is 4.79 Å². The Bertz CT molecular complexity index is 2020. The Morgan fingerprint density at radius 3 is 1.83 bits per heavy atom. The van der Waals surface area contributed by atoms with E-state index in [0.29, 0.717) is 32.1 Å². The van der Waals surface area contributed by atoms with Gasteiger partial charge in [-0.3, -0.25) is 9.59 Å². The van der Waals surface area contributed by atoms with E-state index in [1.807, 2.05) is 6.92 Å². The number of fused-ring (bicyclic) bond motifs is 7. The highest BCUT2D eigenvalue weighted by atomic mass is 16.8. The van der Waals surface area contributed by atoms with Gasteiger partial charge in [0.2, 0.25) is 6.29 Å². The minimum Gasteiger partial charge on any atom is -0.481 e. The van der Waals surface area contributed by atoms with E-state index in [1.165, 1.54) is 20.8 Å². The fourth-order valence-corrected chi connectivity index (χ4v) is 15.1. The number of ether oxygens (including phenoxy) is 6. The SMILES string of the molecule is C[C@@H]1O[C@@H](O[C@H]2[C@H](OC(=O)[C@]34CCC(C)(C)C[C@H]3C3=CC[C@@H]5[C@@]6(C)C[C@H](O)[C@H](O[C@@H]7O[C@H](C(=O)O)[C@@H](O)[C@H](O)[C@H]7O)[C@@](C)(C(=O)O)[C@@H]6CC[C@@]5(C)[C@]3(C)C[C@H]4O)O[C@@H](C)[C@H](O)[C@H]2O)[C@H](O)[C@H](O)[C@H]1O. The lowest BCUT2D eigenvalue weighted by molar-refractivity contribution is -0.358. The van der Waals surface area contributed by atoms with Crippen LogP contribution in [-0.2, 0) is 42.8 Å². The number of carboxylic acid groups (broad SMARTS) is 2. The summed E-state index contributed by atoms with van der Waals surface area (Å²) in [6.07, 6.45) is -25.1. The summed E-state index contributed by atoms with van der Waals surface area (Å²) < 4.78 is 35.2.